The third-order valence-electron chi connectivity index (χ3n) is 4.76. The standard InChI is InChI=1S/C21H26N2O3S/c1-16-7-9-20(27-16)19(24)8-10-21(25)22(2)15-17-5-3-4-6-18(17)23-11-13-26-14-12-23/h3-7,9H,8,10-15H2,1-2H3. The highest BCUT2D eigenvalue weighted by molar-refractivity contribution is 7.14. The van der Waals surface area contributed by atoms with Gasteiger partial charge in [0, 0.05) is 50.1 Å². The summed E-state index contributed by atoms with van der Waals surface area (Å²) in [6, 6.07) is 12.0. The van der Waals surface area contributed by atoms with E-state index >= 15 is 0 Å². The number of amides is 1. The molecular formula is C21H26N2O3S. The molecule has 1 aliphatic rings. The van der Waals surface area contributed by atoms with Gasteiger partial charge in [-0.1, -0.05) is 18.2 Å². The Morgan fingerprint density at radius 2 is 1.85 bits per heavy atom. The van der Waals surface area contributed by atoms with Gasteiger partial charge in [-0.05, 0) is 30.7 Å². The topological polar surface area (TPSA) is 49.9 Å². The average molecular weight is 387 g/mol. The highest BCUT2D eigenvalue weighted by atomic mass is 32.1. The molecule has 0 aliphatic carbocycles. The highest BCUT2D eigenvalue weighted by Crippen LogP contribution is 2.23. The van der Waals surface area contributed by atoms with E-state index in [2.05, 4.69) is 17.0 Å². The summed E-state index contributed by atoms with van der Waals surface area (Å²) in [5.74, 6) is 0.0389. The fourth-order valence-corrected chi connectivity index (χ4v) is 4.05. The molecule has 1 aromatic carbocycles. The molecule has 0 N–H and O–H groups in total. The van der Waals surface area contributed by atoms with Crippen LogP contribution in [0.15, 0.2) is 36.4 Å². The number of aryl methyl sites for hydroxylation is 1. The molecule has 1 fully saturated rings. The van der Waals surface area contributed by atoms with Crippen LogP contribution in [0.4, 0.5) is 5.69 Å². The minimum atomic E-state index is -0.00610. The number of hydrogen-bond acceptors (Lipinski definition) is 5. The molecule has 0 atom stereocenters. The minimum absolute atomic E-state index is 0.00610. The lowest BCUT2D eigenvalue weighted by atomic mass is 10.1. The van der Waals surface area contributed by atoms with Gasteiger partial charge < -0.3 is 14.5 Å². The molecular weight excluding hydrogens is 360 g/mol. The summed E-state index contributed by atoms with van der Waals surface area (Å²) in [7, 11) is 1.80. The Bertz CT molecular complexity index is 796. The number of Topliss-reactive ketones (excluding diaryl/α,β-unsaturated/α-hetero) is 1. The number of para-hydroxylation sites is 1. The van der Waals surface area contributed by atoms with Gasteiger partial charge in [0.05, 0.1) is 18.1 Å². The first-order chi connectivity index (χ1) is 13.0. The number of ether oxygens (including phenoxy) is 1. The van der Waals surface area contributed by atoms with E-state index in [1.807, 2.05) is 31.2 Å². The van der Waals surface area contributed by atoms with Crippen molar-refractivity contribution in [1.29, 1.82) is 0 Å². The maximum atomic E-state index is 12.5. The first kappa shape index (κ1) is 19.6. The molecule has 6 heteroatoms. The summed E-state index contributed by atoms with van der Waals surface area (Å²) in [4.78, 5) is 30.6. The quantitative estimate of drug-likeness (QED) is 0.683. The second kappa shape index (κ2) is 9.15. The number of hydrogen-bond donors (Lipinski definition) is 0. The predicted octanol–water partition coefficient (Wildman–Crippen LogP) is 3.51. The van der Waals surface area contributed by atoms with Crippen LogP contribution >= 0.6 is 11.3 Å². The normalized spacial score (nSPS) is 14.2. The molecule has 0 spiro atoms. The Labute approximate surface area is 164 Å². The highest BCUT2D eigenvalue weighted by Gasteiger charge is 2.18. The first-order valence-electron chi connectivity index (χ1n) is 9.29. The van der Waals surface area contributed by atoms with E-state index in [-0.39, 0.29) is 24.5 Å². The van der Waals surface area contributed by atoms with Crippen molar-refractivity contribution in [3.8, 4) is 0 Å². The Morgan fingerprint density at radius 3 is 2.56 bits per heavy atom. The van der Waals surface area contributed by atoms with E-state index < -0.39 is 0 Å². The molecule has 0 bridgehead atoms. The van der Waals surface area contributed by atoms with Gasteiger partial charge >= 0.3 is 0 Å². The molecule has 0 unspecified atom stereocenters. The summed E-state index contributed by atoms with van der Waals surface area (Å²) >= 11 is 1.49. The van der Waals surface area contributed by atoms with Gasteiger partial charge in [-0.2, -0.15) is 0 Å². The van der Waals surface area contributed by atoms with Crippen molar-refractivity contribution in [1.82, 2.24) is 4.90 Å². The van der Waals surface area contributed by atoms with Crippen molar-refractivity contribution in [2.45, 2.75) is 26.3 Å². The van der Waals surface area contributed by atoms with Gasteiger partial charge in [0.25, 0.3) is 0 Å². The number of ketones is 1. The van der Waals surface area contributed by atoms with Crippen molar-refractivity contribution in [2.75, 3.05) is 38.3 Å². The number of thiophene rings is 1. The van der Waals surface area contributed by atoms with Crippen LogP contribution in [0.3, 0.4) is 0 Å². The van der Waals surface area contributed by atoms with Gasteiger partial charge in [0.1, 0.15) is 0 Å². The maximum absolute atomic E-state index is 12.5. The van der Waals surface area contributed by atoms with Gasteiger partial charge in [-0.15, -0.1) is 11.3 Å². The molecule has 5 nitrogen and oxygen atoms in total. The molecule has 0 radical (unpaired) electrons. The van der Waals surface area contributed by atoms with Gasteiger partial charge in [0.15, 0.2) is 5.78 Å². The second-order valence-corrected chi connectivity index (χ2v) is 8.10. The summed E-state index contributed by atoms with van der Waals surface area (Å²) in [5.41, 5.74) is 2.28. The summed E-state index contributed by atoms with van der Waals surface area (Å²) < 4.78 is 5.44. The maximum Gasteiger partial charge on any atom is 0.223 e. The van der Waals surface area contributed by atoms with Crippen LogP contribution in [-0.2, 0) is 16.1 Å². The van der Waals surface area contributed by atoms with E-state index in [1.54, 1.807) is 11.9 Å². The third kappa shape index (κ3) is 5.17. The SMILES string of the molecule is Cc1ccc(C(=O)CCC(=O)N(C)Cc2ccccc2N2CCOCC2)s1. The van der Waals surface area contributed by atoms with Gasteiger partial charge in [0.2, 0.25) is 5.91 Å². The molecule has 1 aliphatic heterocycles. The fourth-order valence-electron chi connectivity index (χ4n) is 3.22. The van der Waals surface area contributed by atoms with Crippen molar-refractivity contribution < 1.29 is 14.3 Å². The van der Waals surface area contributed by atoms with Crippen molar-refractivity contribution >= 4 is 28.7 Å². The van der Waals surface area contributed by atoms with E-state index in [4.69, 9.17) is 4.74 Å². The predicted molar refractivity (Wildman–Crippen MR) is 109 cm³/mol. The molecule has 0 saturated carbocycles. The molecule has 2 aromatic rings. The number of nitrogens with zero attached hydrogens (tertiary/aromatic N) is 2. The minimum Gasteiger partial charge on any atom is -0.378 e. The molecule has 1 saturated heterocycles. The Hall–Kier alpha value is -2.18. The number of carbonyl (C=O) groups excluding carboxylic acids is 2. The molecule has 1 amide bonds. The summed E-state index contributed by atoms with van der Waals surface area (Å²) in [6.07, 6.45) is 0.500. The Balaban J connectivity index is 1.57. The smallest absolute Gasteiger partial charge is 0.223 e. The van der Waals surface area contributed by atoms with Crippen LogP contribution in [0.5, 0.6) is 0 Å². The van der Waals surface area contributed by atoms with Gasteiger partial charge in [-0.3, -0.25) is 9.59 Å². The van der Waals surface area contributed by atoms with E-state index in [1.165, 1.54) is 11.3 Å². The van der Waals surface area contributed by atoms with Crippen molar-refractivity contribution in [3.05, 3.63) is 51.7 Å². The Kier molecular flexibility index (Phi) is 6.63. The second-order valence-electron chi connectivity index (χ2n) is 6.81. The summed E-state index contributed by atoms with van der Waals surface area (Å²) in [5, 5.41) is 0. The first-order valence-corrected chi connectivity index (χ1v) is 10.1. The number of benzene rings is 1. The van der Waals surface area contributed by atoms with E-state index in [0.29, 0.717) is 6.54 Å². The van der Waals surface area contributed by atoms with Crippen LogP contribution in [-0.4, -0.2) is 49.9 Å². The molecule has 3 rings (SSSR count). The van der Waals surface area contributed by atoms with Crippen LogP contribution in [0.2, 0.25) is 0 Å². The zero-order valence-electron chi connectivity index (χ0n) is 15.9. The number of carbonyl (C=O) groups is 2. The Morgan fingerprint density at radius 1 is 1.11 bits per heavy atom. The number of rotatable bonds is 7. The largest absolute Gasteiger partial charge is 0.378 e. The van der Waals surface area contributed by atoms with Crippen LogP contribution < -0.4 is 4.90 Å². The van der Waals surface area contributed by atoms with Gasteiger partial charge in [-0.25, -0.2) is 0 Å². The summed E-state index contributed by atoms with van der Waals surface area (Å²) in [6.45, 7) is 5.71. The van der Waals surface area contributed by atoms with Crippen molar-refractivity contribution in [2.24, 2.45) is 0 Å². The lowest BCUT2D eigenvalue weighted by Crippen LogP contribution is -2.37. The van der Waals surface area contributed by atoms with Crippen LogP contribution in [0, 0.1) is 6.92 Å². The van der Waals surface area contributed by atoms with E-state index in [9.17, 15) is 9.59 Å². The average Bonchev–Trinajstić information content (AvgIpc) is 3.13. The van der Waals surface area contributed by atoms with E-state index in [0.717, 1.165) is 47.3 Å². The lowest BCUT2D eigenvalue weighted by molar-refractivity contribution is -0.130. The molecule has 2 heterocycles. The van der Waals surface area contributed by atoms with Crippen LogP contribution in [0.1, 0.15) is 33.0 Å². The molecule has 144 valence electrons. The molecule has 1 aromatic heterocycles. The lowest BCUT2D eigenvalue weighted by Gasteiger charge is -2.31. The molecule has 27 heavy (non-hydrogen) atoms. The number of morpholine rings is 1. The fraction of sp³-hybridized carbons (Fsp3) is 0.429. The zero-order valence-corrected chi connectivity index (χ0v) is 16.8. The monoisotopic (exact) mass is 386 g/mol. The van der Waals surface area contributed by atoms with Crippen molar-refractivity contribution in [3.63, 3.8) is 0 Å². The van der Waals surface area contributed by atoms with Crippen LogP contribution in [0.25, 0.3) is 0 Å². The number of anilines is 1. The third-order valence-corrected chi connectivity index (χ3v) is 5.80. The zero-order chi connectivity index (χ0) is 19.2.